The summed E-state index contributed by atoms with van der Waals surface area (Å²) in [5.41, 5.74) is 0. The zero-order valence-electron chi connectivity index (χ0n) is 7.03. The predicted molar refractivity (Wildman–Crippen MR) is 46.7 cm³/mol. The van der Waals surface area contributed by atoms with E-state index < -0.39 is 24.6 Å². The standard InChI is InChI=1S/C4H12O4P2Si/c1-9(5)7-11(3,4)8-10(2)6/h1-4H3/q+2. The Morgan fingerprint density at radius 3 is 1.45 bits per heavy atom. The van der Waals surface area contributed by atoms with E-state index in [9.17, 15) is 9.13 Å². The van der Waals surface area contributed by atoms with Crippen LogP contribution in [0.4, 0.5) is 0 Å². The van der Waals surface area contributed by atoms with Crippen molar-refractivity contribution in [3.63, 3.8) is 0 Å². The van der Waals surface area contributed by atoms with Gasteiger partial charge in [-0.2, -0.15) is 8.43 Å². The monoisotopic (exact) mass is 214 g/mol. The third kappa shape index (κ3) is 6.72. The lowest BCUT2D eigenvalue weighted by atomic mass is 11.9. The minimum atomic E-state index is -2.40. The van der Waals surface area contributed by atoms with Crippen molar-refractivity contribution >= 4 is 24.6 Å². The molecule has 0 aliphatic heterocycles. The van der Waals surface area contributed by atoms with Crippen LogP contribution in [0.3, 0.4) is 0 Å². The molecule has 11 heavy (non-hydrogen) atoms. The Morgan fingerprint density at radius 1 is 1.00 bits per heavy atom. The van der Waals surface area contributed by atoms with Crippen LogP contribution in [0.25, 0.3) is 0 Å². The van der Waals surface area contributed by atoms with Gasteiger partial charge in [-0.3, -0.25) is 0 Å². The van der Waals surface area contributed by atoms with E-state index in [1.54, 1.807) is 13.1 Å². The molecule has 0 amide bonds. The van der Waals surface area contributed by atoms with Crippen molar-refractivity contribution in [3.05, 3.63) is 0 Å². The molecule has 4 nitrogen and oxygen atoms in total. The first-order chi connectivity index (χ1) is 4.83. The van der Waals surface area contributed by atoms with Gasteiger partial charge in [0.2, 0.25) is 0 Å². The summed E-state index contributed by atoms with van der Waals surface area (Å²) < 4.78 is 31.2. The van der Waals surface area contributed by atoms with E-state index in [1.807, 2.05) is 0 Å². The second-order valence-electron chi connectivity index (χ2n) is 2.46. The van der Waals surface area contributed by atoms with Crippen LogP contribution < -0.4 is 0 Å². The van der Waals surface area contributed by atoms with E-state index >= 15 is 0 Å². The first-order valence-corrected chi connectivity index (χ1v) is 9.10. The van der Waals surface area contributed by atoms with Crippen LogP contribution in [-0.2, 0) is 17.6 Å². The molecular weight excluding hydrogens is 202 g/mol. The van der Waals surface area contributed by atoms with Crippen LogP contribution in [0.1, 0.15) is 0 Å². The third-order valence-corrected chi connectivity index (χ3v) is 6.27. The quantitative estimate of drug-likeness (QED) is 0.532. The van der Waals surface area contributed by atoms with Crippen molar-refractivity contribution < 1.29 is 17.6 Å². The van der Waals surface area contributed by atoms with Gasteiger partial charge in [-0.25, -0.2) is 0 Å². The Morgan fingerprint density at radius 2 is 1.27 bits per heavy atom. The first kappa shape index (κ1) is 11.3. The normalized spacial score (nSPS) is 14.5. The molecule has 0 radical (unpaired) electrons. The predicted octanol–water partition coefficient (Wildman–Crippen LogP) is 2.47. The van der Waals surface area contributed by atoms with E-state index in [0.29, 0.717) is 0 Å². The fourth-order valence-corrected chi connectivity index (χ4v) is 6.02. The van der Waals surface area contributed by atoms with Crippen molar-refractivity contribution in [2.45, 2.75) is 13.1 Å². The molecule has 7 heteroatoms. The maximum Gasteiger partial charge on any atom is 0.496 e. The minimum Gasteiger partial charge on any atom is -0.162 e. The van der Waals surface area contributed by atoms with Crippen LogP contribution >= 0.6 is 16.1 Å². The van der Waals surface area contributed by atoms with E-state index in [0.717, 1.165) is 0 Å². The highest BCUT2D eigenvalue weighted by atomic mass is 31.1. The van der Waals surface area contributed by atoms with Gasteiger partial charge in [0.1, 0.15) is 0 Å². The van der Waals surface area contributed by atoms with Gasteiger partial charge in [0.25, 0.3) is 0 Å². The average molecular weight is 214 g/mol. The molecule has 2 atom stereocenters. The summed E-state index contributed by atoms with van der Waals surface area (Å²) in [5, 5.41) is 0. The lowest BCUT2D eigenvalue weighted by molar-refractivity contribution is 0.409. The fraction of sp³-hybridized carbons (Fsp3) is 1.00. The van der Waals surface area contributed by atoms with E-state index in [-0.39, 0.29) is 0 Å². The zero-order valence-corrected chi connectivity index (χ0v) is 9.82. The molecule has 0 aromatic rings. The van der Waals surface area contributed by atoms with E-state index in [1.165, 1.54) is 13.3 Å². The number of rotatable bonds is 4. The SMILES string of the molecule is C[P+](=O)O[Si](C)(C)O[P+](C)=O. The lowest BCUT2D eigenvalue weighted by Gasteiger charge is -2.04. The fourth-order valence-electron chi connectivity index (χ4n) is 0.636. The first-order valence-electron chi connectivity index (χ1n) is 3.03. The van der Waals surface area contributed by atoms with Crippen LogP contribution in [0, 0.1) is 0 Å². The van der Waals surface area contributed by atoms with E-state index in [4.69, 9.17) is 8.43 Å². The van der Waals surface area contributed by atoms with Crippen molar-refractivity contribution in [1.29, 1.82) is 0 Å². The molecule has 0 rings (SSSR count). The van der Waals surface area contributed by atoms with Gasteiger partial charge in [0.15, 0.2) is 13.3 Å². The molecule has 64 valence electrons. The van der Waals surface area contributed by atoms with Gasteiger partial charge in [-0.1, -0.05) is 0 Å². The van der Waals surface area contributed by atoms with Gasteiger partial charge in [0.05, 0.1) is 0 Å². The summed E-state index contributed by atoms with van der Waals surface area (Å²) >= 11 is 0. The Labute approximate surface area is 69.3 Å². The Kier molecular flexibility index (Phi) is 4.52. The third-order valence-electron chi connectivity index (χ3n) is 0.697. The highest BCUT2D eigenvalue weighted by Crippen LogP contribution is 2.30. The Hall–Kier alpha value is 0.337. The highest BCUT2D eigenvalue weighted by molar-refractivity contribution is 7.42. The van der Waals surface area contributed by atoms with Crippen LogP contribution in [0.5, 0.6) is 0 Å². The van der Waals surface area contributed by atoms with Crippen LogP contribution in [0.15, 0.2) is 0 Å². The lowest BCUT2D eigenvalue weighted by Crippen LogP contribution is -2.29. The van der Waals surface area contributed by atoms with Crippen LogP contribution in [0.2, 0.25) is 13.1 Å². The van der Waals surface area contributed by atoms with Crippen molar-refractivity contribution in [3.8, 4) is 0 Å². The van der Waals surface area contributed by atoms with Crippen LogP contribution in [-0.4, -0.2) is 21.9 Å². The van der Waals surface area contributed by atoms with Crippen molar-refractivity contribution in [1.82, 2.24) is 0 Å². The summed E-state index contributed by atoms with van der Waals surface area (Å²) in [5.74, 6) is 0. The van der Waals surface area contributed by atoms with Gasteiger partial charge in [-0.05, 0) is 22.2 Å². The molecule has 0 saturated carbocycles. The van der Waals surface area contributed by atoms with Crippen molar-refractivity contribution in [2.24, 2.45) is 0 Å². The van der Waals surface area contributed by atoms with E-state index in [2.05, 4.69) is 0 Å². The van der Waals surface area contributed by atoms with Gasteiger partial charge < -0.3 is 0 Å². The number of hydrogen-bond acceptors (Lipinski definition) is 4. The molecule has 0 N–H and O–H groups in total. The van der Waals surface area contributed by atoms with Crippen molar-refractivity contribution in [2.75, 3.05) is 13.3 Å². The summed E-state index contributed by atoms with van der Waals surface area (Å²) in [7, 11) is -5.72. The molecule has 0 spiro atoms. The zero-order chi connectivity index (χ0) is 9.07. The molecule has 0 heterocycles. The number of hydrogen-bond donors (Lipinski definition) is 0. The molecule has 0 aromatic carbocycles. The Bertz CT molecular complexity index is 163. The second-order valence-corrected chi connectivity index (χ2v) is 8.48. The van der Waals surface area contributed by atoms with Gasteiger partial charge in [0, 0.05) is 0 Å². The smallest absolute Gasteiger partial charge is 0.162 e. The molecule has 0 saturated heterocycles. The summed E-state index contributed by atoms with van der Waals surface area (Å²) in [6, 6.07) is 0. The molecule has 0 bridgehead atoms. The topological polar surface area (TPSA) is 52.6 Å². The minimum absolute atomic E-state index is 1.45. The molecular formula is C4H12O4P2Si+2. The largest absolute Gasteiger partial charge is 0.496 e. The molecule has 0 aliphatic carbocycles. The maximum absolute atomic E-state index is 10.6. The van der Waals surface area contributed by atoms with Gasteiger partial charge >= 0.3 is 24.6 Å². The Balaban J connectivity index is 3.99. The molecule has 0 aliphatic rings. The summed E-state index contributed by atoms with van der Waals surface area (Å²) in [6.45, 7) is 6.33. The molecule has 2 unspecified atom stereocenters. The second kappa shape index (κ2) is 4.38. The molecule has 0 aromatic heterocycles. The molecule has 0 fully saturated rings. The van der Waals surface area contributed by atoms with Gasteiger partial charge in [-0.15, -0.1) is 0 Å². The average Bonchev–Trinajstić information content (AvgIpc) is 1.53. The highest BCUT2D eigenvalue weighted by Gasteiger charge is 2.41. The summed E-state index contributed by atoms with van der Waals surface area (Å²) in [4.78, 5) is 0. The summed E-state index contributed by atoms with van der Waals surface area (Å²) in [6.07, 6.45) is 0. The maximum atomic E-state index is 10.6.